The van der Waals surface area contributed by atoms with Crippen LogP contribution in [0.1, 0.15) is 27.2 Å². The molecule has 0 saturated heterocycles. The second kappa shape index (κ2) is 4.77. The van der Waals surface area contributed by atoms with Gasteiger partial charge in [0.15, 0.2) is 0 Å². The van der Waals surface area contributed by atoms with Gasteiger partial charge in [-0.05, 0) is 12.8 Å². The first kappa shape index (κ1) is 8.92. The quantitative estimate of drug-likeness (QED) is 0.584. The van der Waals surface area contributed by atoms with Crippen molar-refractivity contribution in [1.82, 2.24) is 0 Å². The highest BCUT2D eigenvalue weighted by molar-refractivity contribution is 4.57. The Morgan fingerprint density at radius 2 is 2.00 bits per heavy atom. The standard InChI is InChI=1S/C7H17NO/c1-4-6(2)7(3)9-5-8/h6-7H,4-5,8H2,1-3H3. The van der Waals surface area contributed by atoms with Gasteiger partial charge in [0.25, 0.3) is 0 Å². The molecular formula is C7H17NO. The average Bonchev–Trinajstić information content (AvgIpc) is 1.87. The van der Waals surface area contributed by atoms with Crippen LogP contribution < -0.4 is 5.73 Å². The van der Waals surface area contributed by atoms with Crippen LogP contribution >= 0.6 is 0 Å². The zero-order valence-corrected chi connectivity index (χ0v) is 6.55. The van der Waals surface area contributed by atoms with Gasteiger partial charge in [-0.25, -0.2) is 0 Å². The van der Waals surface area contributed by atoms with E-state index in [-0.39, 0.29) is 0 Å². The molecule has 0 rings (SSSR count). The Balaban J connectivity index is 3.32. The van der Waals surface area contributed by atoms with E-state index in [0.29, 0.717) is 18.8 Å². The monoisotopic (exact) mass is 131 g/mol. The van der Waals surface area contributed by atoms with Crippen LogP contribution in [0.2, 0.25) is 0 Å². The lowest BCUT2D eigenvalue weighted by molar-refractivity contribution is 0.0333. The molecule has 2 unspecified atom stereocenters. The van der Waals surface area contributed by atoms with Gasteiger partial charge in [0.2, 0.25) is 0 Å². The normalized spacial score (nSPS) is 17.3. The third-order valence-corrected chi connectivity index (χ3v) is 1.80. The highest BCUT2D eigenvalue weighted by Crippen LogP contribution is 2.09. The molecule has 9 heavy (non-hydrogen) atoms. The van der Waals surface area contributed by atoms with Crippen LogP contribution in [-0.2, 0) is 4.74 Å². The molecule has 0 aromatic rings. The Kier molecular flexibility index (Phi) is 4.72. The van der Waals surface area contributed by atoms with Crippen molar-refractivity contribution in [2.45, 2.75) is 33.3 Å². The molecule has 56 valence electrons. The van der Waals surface area contributed by atoms with Gasteiger partial charge in [0, 0.05) is 0 Å². The maximum Gasteiger partial charge on any atom is 0.0944 e. The number of rotatable bonds is 4. The van der Waals surface area contributed by atoms with Crippen molar-refractivity contribution in [2.75, 3.05) is 6.73 Å². The van der Waals surface area contributed by atoms with Gasteiger partial charge in [-0.15, -0.1) is 0 Å². The van der Waals surface area contributed by atoms with Gasteiger partial charge in [-0.3, -0.25) is 0 Å². The summed E-state index contributed by atoms with van der Waals surface area (Å²) in [4.78, 5) is 0. The molecule has 0 amide bonds. The second-order valence-electron chi connectivity index (χ2n) is 2.42. The number of hydrogen-bond donors (Lipinski definition) is 1. The van der Waals surface area contributed by atoms with Crippen molar-refractivity contribution in [3.05, 3.63) is 0 Å². The fourth-order valence-electron chi connectivity index (χ4n) is 0.648. The van der Waals surface area contributed by atoms with E-state index in [9.17, 15) is 0 Å². The highest BCUT2D eigenvalue weighted by Gasteiger charge is 2.08. The molecule has 0 aliphatic rings. The van der Waals surface area contributed by atoms with Gasteiger partial charge < -0.3 is 10.5 Å². The highest BCUT2D eigenvalue weighted by atomic mass is 16.5. The van der Waals surface area contributed by atoms with E-state index in [1.165, 1.54) is 0 Å². The summed E-state index contributed by atoms with van der Waals surface area (Å²) in [5.74, 6) is 0.619. The molecule has 0 spiro atoms. The van der Waals surface area contributed by atoms with Crippen molar-refractivity contribution >= 4 is 0 Å². The fourth-order valence-corrected chi connectivity index (χ4v) is 0.648. The Bertz CT molecular complexity index is 65.9. The first-order valence-electron chi connectivity index (χ1n) is 3.54. The molecule has 0 bridgehead atoms. The molecule has 0 radical (unpaired) electrons. The maximum atomic E-state index is 5.20. The van der Waals surface area contributed by atoms with Gasteiger partial charge in [0.1, 0.15) is 0 Å². The van der Waals surface area contributed by atoms with Crippen molar-refractivity contribution in [3.63, 3.8) is 0 Å². The lowest BCUT2D eigenvalue weighted by Crippen LogP contribution is -2.21. The summed E-state index contributed by atoms with van der Waals surface area (Å²) in [5.41, 5.74) is 5.20. The van der Waals surface area contributed by atoms with Crippen LogP contribution in [0.15, 0.2) is 0 Å². The molecule has 0 saturated carbocycles. The molecule has 0 aliphatic carbocycles. The number of nitrogens with two attached hydrogens (primary N) is 1. The van der Waals surface area contributed by atoms with E-state index < -0.39 is 0 Å². The third kappa shape index (κ3) is 3.49. The Hall–Kier alpha value is -0.0800. The van der Waals surface area contributed by atoms with Gasteiger partial charge in [-0.2, -0.15) is 0 Å². The number of ether oxygens (including phenoxy) is 1. The zero-order chi connectivity index (χ0) is 7.28. The van der Waals surface area contributed by atoms with E-state index in [0.717, 1.165) is 6.42 Å². The Morgan fingerprint density at radius 1 is 1.44 bits per heavy atom. The van der Waals surface area contributed by atoms with E-state index in [1.54, 1.807) is 0 Å². The molecule has 0 aromatic heterocycles. The SMILES string of the molecule is CCC(C)C(C)OCN. The minimum absolute atomic E-state index is 0.306. The van der Waals surface area contributed by atoms with Gasteiger partial charge in [0.05, 0.1) is 12.8 Å². The van der Waals surface area contributed by atoms with E-state index >= 15 is 0 Å². The van der Waals surface area contributed by atoms with Crippen LogP contribution in [0.25, 0.3) is 0 Å². The molecule has 0 aliphatic heterocycles. The second-order valence-corrected chi connectivity index (χ2v) is 2.42. The van der Waals surface area contributed by atoms with E-state index in [2.05, 4.69) is 20.8 Å². The molecule has 0 heterocycles. The zero-order valence-electron chi connectivity index (χ0n) is 6.55. The van der Waals surface area contributed by atoms with Crippen molar-refractivity contribution in [3.8, 4) is 0 Å². The predicted molar refractivity (Wildman–Crippen MR) is 39.1 cm³/mol. The fraction of sp³-hybridized carbons (Fsp3) is 1.00. The molecule has 0 aromatic carbocycles. The van der Waals surface area contributed by atoms with Gasteiger partial charge >= 0.3 is 0 Å². The van der Waals surface area contributed by atoms with Crippen LogP contribution in [-0.4, -0.2) is 12.8 Å². The summed E-state index contributed by atoms with van der Waals surface area (Å²) in [7, 11) is 0. The molecule has 0 fully saturated rings. The smallest absolute Gasteiger partial charge is 0.0944 e. The summed E-state index contributed by atoms with van der Waals surface area (Å²) in [6.07, 6.45) is 1.46. The molecular weight excluding hydrogens is 114 g/mol. The maximum absolute atomic E-state index is 5.20. The van der Waals surface area contributed by atoms with Crippen LogP contribution in [0.4, 0.5) is 0 Å². The minimum Gasteiger partial charge on any atom is -0.363 e. The van der Waals surface area contributed by atoms with E-state index in [4.69, 9.17) is 10.5 Å². The molecule has 2 heteroatoms. The van der Waals surface area contributed by atoms with Crippen molar-refractivity contribution in [2.24, 2.45) is 11.7 Å². The summed E-state index contributed by atoms with van der Waals surface area (Å²) in [5, 5.41) is 0. The lowest BCUT2D eigenvalue weighted by Gasteiger charge is -2.17. The number of hydrogen-bond acceptors (Lipinski definition) is 2. The minimum atomic E-state index is 0.306. The first-order valence-corrected chi connectivity index (χ1v) is 3.54. The largest absolute Gasteiger partial charge is 0.363 e. The molecule has 2 atom stereocenters. The molecule has 2 nitrogen and oxygen atoms in total. The van der Waals surface area contributed by atoms with E-state index in [1.807, 2.05) is 0 Å². The van der Waals surface area contributed by atoms with Crippen LogP contribution in [0, 0.1) is 5.92 Å². The lowest BCUT2D eigenvalue weighted by atomic mass is 10.0. The summed E-state index contributed by atoms with van der Waals surface area (Å²) in [6.45, 7) is 6.72. The topological polar surface area (TPSA) is 35.2 Å². The van der Waals surface area contributed by atoms with Gasteiger partial charge in [-0.1, -0.05) is 20.3 Å². The Morgan fingerprint density at radius 3 is 2.33 bits per heavy atom. The molecule has 2 N–H and O–H groups in total. The predicted octanol–water partition coefficient (Wildman–Crippen LogP) is 1.35. The van der Waals surface area contributed by atoms with Crippen LogP contribution in [0.5, 0.6) is 0 Å². The van der Waals surface area contributed by atoms with Crippen molar-refractivity contribution < 1.29 is 4.74 Å². The Labute approximate surface area is 57.4 Å². The van der Waals surface area contributed by atoms with Crippen molar-refractivity contribution in [1.29, 1.82) is 0 Å². The average molecular weight is 131 g/mol. The summed E-state index contributed by atoms with van der Waals surface area (Å²) < 4.78 is 5.17. The van der Waals surface area contributed by atoms with Crippen LogP contribution in [0.3, 0.4) is 0 Å². The third-order valence-electron chi connectivity index (χ3n) is 1.80. The summed E-state index contributed by atoms with van der Waals surface area (Å²) in [6, 6.07) is 0. The first-order chi connectivity index (χ1) is 4.22. The summed E-state index contributed by atoms with van der Waals surface area (Å²) >= 11 is 0.